The Morgan fingerprint density at radius 1 is 1.07 bits per heavy atom. The third kappa shape index (κ3) is 4.89. The van der Waals surface area contributed by atoms with Crippen molar-refractivity contribution in [1.82, 2.24) is 0 Å². The molecule has 0 saturated heterocycles. The van der Waals surface area contributed by atoms with Crippen LogP contribution >= 0.6 is 50.9 Å². The Morgan fingerprint density at radius 2 is 1.69 bits per heavy atom. The summed E-state index contributed by atoms with van der Waals surface area (Å²) >= 11 is 17.0. The van der Waals surface area contributed by atoms with Gasteiger partial charge in [0.05, 0.1) is 5.71 Å². The minimum Gasteiger partial charge on any atom is -0.374 e. The van der Waals surface area contributed by atoms with Crippen LogP contribution in [0.3, 0.4) is 0 Å². The highest BCUT2D eigenvalue weighted by molar-refractivity contribution is 9.10. The first-order valence-electron chi connectivity index (χ1n) is 8.58. The molecule has 1 aliphatic rings. The van der Waals surface area contributed by atoms with E-state index in [2.05, 4.69) is 41.9 Å². The second-order valence-corrected chi connectivity index (χ2v) is 11.2. The second kappa shape index (κ2) is 7.98. The Hall–Kier alpha value is -0.890. The predicted molar refractivity (Wildman–Crippen MR) is 116 cm³/mol. The lowest BCUT2D eigenvalue weighted by molar-refractivity contribution is -0.275. The summed E-state index contributed by atoms with van der Waals surface area (Å²) in [4.78, 5) is 6.03. The molecule has 0 aromatic heterocycles. The van der Waals surface area contributed by atoms with Crippen molar-refractivity contribution in [3.63, 3.8) is 0 Å². The van der Waals surface area contributed by atoms with E-state index in [0.29, 0.717) is 5.56 Å². The van der Waals surface area contributed by atoms with E-state index in [9.17, 15) is 13.2 Å². The number of hydrogen-bond acceptors (Lipinski definition) is 3. The minimum atomic E-state index is -4.72. The molecule has 0 spiro atoms. The maximum Gasteiger partial charge on any atom is 0.435 e. The number of alkyl halides is 3. The van der Waals surface area contributed by atoms with Crippen molar-refractivity contribution in [2.45, 2.75) is 48.6 Å². The van der Waals surface area contributed by atoms with Gasteiger partial charge in [-0.15, -0.1) is 11.8 Å². The number of oxime groups is 1. The topological polar surface area (TPSA) is 21.6 Å². The van der Waals surface area contributed by atoms with Crippen LogP contribution in [0.15, 0.2) is 50.9 Å². The van der Waals surface area contributed by atoms with Gasteiger partial charge in [0, 0.05) is 41.7 Å². The maximum absolute atomic E-state index is 14.1. The number of rotatable bonds is 3. The van der Waals surface area contributed by atoms with Gasteiger partial charge in [-0.3, -0.25) is 0 Å². The average molecular weight is 527 g/mol. The average Bonchev–Trinajstić information content (AvgIpc) is 3.01. The lowest BCUT2D eigenvalue weighted by atomic mass is 9.86. The Morgan fingerprint density at radius 3 is 2.21 bits per heavy atom. The summed E-state index contributed by atoms with van der Waals surface area (Å²) in [7, 11) is 0. The van der Waals surface area contributed by atoms with Gasteiger partial charge < -0.3 is 4.84 Å². The standard InChI is InChI=1S/C20H17BrCl2F3NOS/c1-18(2,3)29-17-5-4-11(6-15(17)21)16-10-19(28-27-16,20(24,25)26)12-7-13(22)9-14(23)8-12/h4-9H,10H2,1-3H3/t19-/m0/s1. The summed E-state index contributed by atoms with van der Waals surface area (Å²) in [6.07, 6.45) is -5.20. The first-order valence-corrected chi connectivity index (χ1v) is 10.9. The van der Waals surface area contributed by atoms with Crippen LogP contribution in [0.25, 0.3) is 0 Å². The lowest BCUT2D eigenvalue weighted by Gasteiger charge is -2.29. The minimum absolute atomic E-state index is 0.00465. The van der Waals surface area contributed by atoms with E-state index in [1.54, 1.807) is 23.9 Å². The molecule has 29 heavy (non-hydrogen) atoms. The van der Waals surface area contributed by atoms with Gasteiger partial charge >= 0.3 is 6.18 Å². The van der Waals surface area contributed by atoms with Crippen molar-refractivity contribution < 1.29 is 18.0 Å². The van der Waals surface area contributed by atoms with E-state index >= 15 is 0 Å². The highest BCUT2D eigenvalue weighted by Gasteiger charge is 2.62. The van der Waals surface area contributed by atoms with Gasteiger partial charge in [-0.05, 0) is 46.3 Å². The van der Waals surface area contributed by atoms with E-state index in [4.69, 9.17) is 28.0 Å². The van der Waals surface area contributed by atoms with E-state index in [1.807, 2.05) is 6.07 Å². The van der Waals surface area contributed by atoms with Gasteiger partial charge in [-0.25, -0.2) is 0 Å². The number of benzene rings is 2. The molecule has 0 unspecified atom stereocenters. The van der Waals surface area contributed by atoms with Gasteiger partial charge in [0.1, 0.15) is 0 Å². The summed E-state index contributed by atoms with van der Waals surface area (Å²) in [6.45, 7) is 6.25. The van der Waals surface area contributed by atoms with Crippen molar-refractivity contribution in [3.05, 3.63) is 62.0 Å². The molecule has 1 heterocycles. The fourth-order valence-corrected chi connectivity index (χ4v) is 5.04. The molecular formula is C20H17BrCl2F3NOS. The van der Waals surface area contributed by atoms with Crippen LogP contribution in [0.4, 0.5) is 13.2 Å². The number of hydrogen-bond donors (Lipinski definition) is 0. The zero-order chi connectivity index (χ0) is 21.6. The molecule has 0 aliphatic carbocycles. The van der Waals surface area contributed by atoms with Gasteiger partial charge in [-0.2, -0.15) is 13.2 Å². The SMILES string of the molecule is CC(C)(C)Sc1ccc(C2=NO[C@@](c3cc(Cl)cc(Cl)c3)(C(F)(F)F)C2)cc1Br. The third-order valence-corrected chi connectivity index (χ3v) is 6.74. The Labute approximate surface area is 189 Å². The molecule has 2 aromatic carbocycles. The third-order valence-electron chi connectivity index (χ3n) is 4.20. The quantitative estimate of drug-likeness (QED) is 0.375. The van der Waals surface area contributed by atoms with Crippen LogP contribution in [0, 0.1) is 0 Å². The molecule has 3 rings (SSSR count). The number of thioether (sulfide) groups is 1. The first-order chi connectivity index (χ1) is 13.3. The monoisotopic (exact) mass is 525 g/mol. The molecule has 0 bridgehead atoms. The van der Waals surface area contributed by atoms with Gasteiger partial charge in [0.15, 0.2) is 0 Å². The molecule has 0 radical (unpaired) electrons. The van der Waals surface area contributed by atoms with Crippen molar-refractivity contribution in [2.75, 3.05) is 0 Å². The van der Waals surface area contributed by atoms with Crippen molar-refractivity contribution >= 4 is 56.6 Å². The normalized spacial score (nSPS) is 19.8. The lowest BCUT2D eigenvalue weighted by Crippen LogP contribution is -2.42. The van der Waals surface area contributed by atoms with Crippen molar-refractivity contribution in [2.24, 2.45) is 5.16 Å². The molecular weight excluding hydrogens is 510 g/mol. The first kappa shape index (κ1) is 22.8. The van der Waals surface area contributed by atoms with Crippen LogP contribution in [0.5, 0.6) is 0 Å². The molecule has 0 amide bonds. The maximum atomic E-state index is 14.1. The molecule has 156 valence electrons. The highest BCUT2D eigenvalue weighted by atomic mass is 79.9. The summed E-state index contributed by atoms with van der Waals surface area (Å²) in [6, 6.07) is 9.15. The van der Waals surface area contributed by atoms with E-state index in [-0.39, 0.29) is 26.1 Å². The molecule has 0 saturated carbocycles. The largest absolute Gasteiger partial charge is 0.435 e. The molecule has 0 N–H and O–H groups in total. The van der Waals surface area contributed by atoms with E-state index in [1.165, 1.54) is 18.2 Å². The van der Waals surface area contributed by atoms with Crippen molar-refractivity contribution in [3.8, 4) is 0 Å². The smallest absolute Gasteiger partial charge is 0.374 e. The fraction of sp³-hybridized carbons (Fsp3) is 0.350. The zero-order valence-corrected chi connectivity index (χ0v) is 19.6. The van der Waals surface area contributed by atoms with Crippen LogP contribution in [0.1, 0.15) is 38.3 Å². The van der Waals surface area contributed by atoms with Gasteiger partial charge in [-0.1, -0.05) is 55.2 Å². The fourth-order valence-electron chi connectivity index (χ4n) is 2.94. The van der Waals surface area contributed by atoms with Crippen molar-refractivity contribution in [1.29, 1.82) is 0 Å². The predicted octanol–water partition coefficient (Wildman–Crippen LogP) is 8.23. The zero-order valence-electron chi connectivity index (χ0n) is 15.7. The number of nitrogens with zero attached hydrogens (tertiary/aromatic N) is 1. The van der Waals surface area contributed by atoms with Crippen LogP contribution in [0.2, 0.25) is 10.0 Å². The highest BCUT2D eigenvalue weighted by Crippen LogP contribution is 2.50. The number of halogens is 6. The van der Waals surface area contributed by atoms with Gasteiger partial charge in [0.2, 0.25) is 0 Å². The summed E-state index contributed by atoms with van der Waals surface area (Å²) < 4.78 is 43.0. The Kier molecular flexibility index (Phi) is 6.27. The summed E-state index contributed by atoms with van der Waals surface area (Å²) in [5.41, 5.74) is -2.07. The van der Waals surface area contributed by atoms with Crippen LogP contribution < -0.4 is 0 Å². The van der Waals surface area contributed by atoms with E-state index < -0.39 is 18.2 Å². The summed E-state index contributed by atoms with van der Waals surface area (Å²) in [5.74, 6) is 0. The Balaban J connectivity index is 1.96. The molecule has 2 nitrogen and oxygen atoms in total. The molecule has 1 atom stereocenters. The molecule has 1 aliphatic heterocycles. The Bertz CT molecular complexity index is 955. The van der Waals surface area contributed by atoms with Gasteiger partial charge in [0.25, 0.3) is 5.60 Å². The molecule has 2 aromatic rings. The molecule has 0 fully saturated rings. The summed E-state index contributed by atoms with van der Waals surface area (Å²) in [5, 5.41) is 3.98. The molecule has 9 heteroatoms. The van der Waals surface area contributed by atoms with E-state index in [0.717, 1.165) is 9.37 Å². The van der Waals surface area contributed by atoms with Crippen LogP contribution in [-0.4, -0.2) is 16.6 Å². The van der Waals surface area contributed by atoms with Crippen LogP contribution in [-0.2, 0) is 10.4 Å². The second-order valence-electron chi connectivity index (χ2n) is 7.65.